The van der Waals surface area contributed by atoms with Crippen LogP contribution in [0.25, 0.3) is 0 Å². The van der Waals surface area contributed by atoms with Crippen LogP contribution >= 0.6 is 0 Å². The van der Waals surface area contributed by atoms with Gasteiger partial charge in [-0.05, 0) is 40.7 Å². The minimum Gasteiger partial charge on any atom is -0.298 e. The zero-order valence-electron chi connectivity index (χ0n) is 8.92. The Kier molecular flexibility index (Phi) is 5.14. The van der Waals surface area contributed by atoms with E-state index in [-0.39, 0.29) is 11.8 Å². The summed E-state index contributed by atoms with van der Waals surface area (Å²) in [6, 6.07) is 0.536. The molecule has 72 valence electrons. The van der Waals surface area contributed by atoms with Gasteiger partial charge in [0.15, 0.2) is 0 Å². The van der Waals surface area contributed by atoms with Crippen molar-refractivity contribution in [2.45, 2.75) is 53.1 Å². The van der Waals surface area contributed by atoms with Crippen molar-refractivity contribution in [2.75, 3.05) is 6.54 Å². The standard InChI is InChI=1S/C10H21NO/c1-6-7-11(8(2)3)9(4)10(5)12/h8-9H,6-7H2,1-5H3. The lowest BCUT2D eigenvalue weighted by molar-refractivity contribution is -0.122. The molecule has 0 aromatic heterocycles. The molecular formula is C10H21NO. The van der Waals surface area contributed by atoms with Crippen LogP contribution in [0.4, 0.5) is 0 Å². The fourth-order valence-electron chi connectivity index (χ4n) is 1.39. The third-order valence-corrected chi connectivity index (χ3v) is 2.23. The summed E-state index contributed by atoms with van der Waals surface area (Å²) in [5, 5.41) is 0. The van der Waals surface area contributed by atoms with Crippen LogP contribution in [-0.2, 0) is 4.79 Å². The van der Waals surface area contributed by atoms with E-state index in [4.69, 9.17) is 0 Å². The van der Waals surface area contributed by atoms with Gasteiger partial charge in [0.2, 0.25) is 0 Å². The molecule has 2 nitrogen and oxygen atoms in total. The maximum atomic E-state index is 11.1. The number of carbonyl (C=O) groups is 1. The van der Waals surface area contributed by atoms with Crippen molar-refractivity contribution in [1.29, 1.82) is 0 Å². The lowest BCUT2D eigenvalue weighted by Gasteiger charge is -2.30. The quantitative estimate of drug-likeness (QED) is 0.631. The number of nitrogens with zero attached hydrogens (tertiary/aromatic N) is 1. The molecule has 0 aromatic carbocycles. The van der Waals surface area contributed by atoms with Crippen LogP contribution in [0.15, 0.2) is 0 Å². The molecular weight excluding hydrogens is 150 g/mol. The maximum absolute atomic E-state index is 11.1. The largest absolute Gasteiger partial charge is 0.298 e. The van der Waals surface area contributed by atoms with Gasteiger partial charge in [0, 0.05) is 6.04 Å². The van der Waals surface area contributed by atoms with Gasteiger partial charge >= 0.3 is 0 Å². The maximum Gasteiger partial charge on any atom is 0.146 e. The second kappa shape index (κ2) is 5.31. The molecule has 0 aliphatic carbocycles. The van der Waals surface area contributed by atoms with E-state index >= 15 is 0 Å². The minimum absolute atomic E-state index is 0.0740. The molecule has 0 radical (unpaired) electrons. The second-order valence-electron chi connectivity index (χ2n) is 3.62. The molecule has 0 N–H and O–H groups in total. The molecule has 12 heavy (non-hydrogen) atoms. The average Bonchev–Trinajstić information content (AvgIpc) is 1.98. The number of hydrogen-bond donors (Lipinski definition) is 0. The Morgan fingerprint density at radius 2 is 1.83 bits per heavy atom. The molecule has 1 unspecified atom stereocenters. The lowest BCUT2D eigenvalue weighted by atomic mass is 10.1. The van der Waals surface area contributed by atoms with Crippen LogP contribution in [0.2, 0.25) is 0 Å². The fourth-order valence-corrected chi connectivity index (χ4v) is 1.39. The van der Waals surface area contributed by atoms with E-state index in [0.29, 0.717) is 6.04 Å². The Morgan fingerprint density at radius 3 is 2.08 bits per heavy atom. The van der Waals surface area contributed by atoms with E-state index in [1.54, 1.807) is 6.92 Å². The predicted molar refractivity (Wildman–Crippen MR) is 52.3 cm³/mol. The van der Waals surface area contributed by atoms with Crippen molar-refractivity contribution < 1.29 is 4.79 Å². The summed E-state index contributed by atoms with van der Waals surface area (Å²) in [5.41, 5.74) is 0. The Bertz CT molecular complexity index is 143. The zero-order chi connectivity index (χ0) is 9.72. The van der Waals surface area contributed by atoms with Gasteiger partial charge in [-0.2, -0.15) is 0 Å². The first-order valence-electron chi connectivity index (χ1n) is 4.76. The predicted octanol–water partition coefficient (Wildman–Crippen LogP) is 2.08. The van der Waals surface area contributed by atoms with E-state index < -0.39 is 0 Å². The Hall–Kier alpha value is -0.370. The molecule has 0 aliphatic rings. The SMILES string of the molecule is CCCN(C(C)C)C(C)C(C)=O. The van der Waals surface area contributed by atoms with Crippen LogP contribution in [0.1, 0.15) is 41.0 Å². The van der Waals surface area contributed by atoms with Crippen molar-refractivity contribution in [1.82, 2.24) is 4.90 Å². The normalized spacial score (nSPS) is 13.9. The highest BCUT2D eigenvalue weighted by molar-refractivity contribution is 5.80. The third-order valence-electron chi connectivity index (χ3n) is 2.23. The summed E-state index contributed by atoms with van der Waals surface area (Å²) >= 11 is 0. The summed E-state index contributed by atoms with van der Waals surface area (Å²) in [6.07, 6.45) is 1.11. The molecule has 0 heterocycles. The Morgan fingerprint density at radius 1 is 1.33 bits per heavy atom. The molecule has 0 aliphatic heterocycles. The van der Waals surface area contributed by atoms with Crippen LogP contribution < -0.4 is 0 Å². The molecule has 1 atom stereocenters. The summed E-state index contributed by atoms with van der Waals surface area (Å²) in [6.45, 7) is 11.1. The smallest absolute Gasteiger partial charge is 0.146 e. The molecule has 0 fully saturated rings. The Labute approximate surface area is 75.9 Å². The van der Waals surface area contributed by atoms with Gasteiger partial charge in [-0.15, -0.1) is 0 Å². The van der Waals surface area contributed by atoms with Crippen LogP contribution in [-0.4, -0.2) is 29.3 Å². The third kappa shape index (κ3) is 3.35. The van der Waals surface area contributed by atoms with Crippen LogP contribution in [0, 0.1) is 0 Å². The highest BCUT2D eigenvalue weighted by Crippen LogP contribution is 2.06. The minimum atomic E-state index is 0.0740. The van der Waals surface area contributed by atoms with Crippen molar-refractivity contribution in [3.05, 3.63) is 0 Å². The van der Waals surface area contributed by atoms with Gasteiger partial charge in [0.1, 0.15) is 5.78 Å². The number of hydrogen-bond acceptors (Lipinski definition) is 2. The van der Waals surface area contributed by atoms with Crippen molar-refractivity contribution in [3.63, 3.8) is 0 Å². The summed E-state index contributed by atoms with van der Waals surface area (Å²) < 4.78 is 0. The molecule has 2 heteroatoms. The van der Waals surface area contributed by atoms with Crippen molar-refractivity contribution in [3.8, 4) is 0 Å². The number of carbonyl (C=O) groups excluding carboxylic acids is 1. The van der Waals surface area contributed by atoms with E-state index in [9.17, 15) is 4.79 Å². The summed E-state index contributed by atoms with van der Waals surface area (Å²) in [7, 11) is 0. The monoisotopic (exact) mass is 171 g/mol. The Balaban J connectivity index is 4.18. The highest BCUT2D eigenvalue weighted by atomic mass is 16.1. The zero-order valence-corrected chi connectivity index (χ0v) is 8.92. The van der Waals surface area contributed by atoms with Gasteiger partial charge in [0.05, 0.1) is 6.04 Å². The second-order valence-corrected chi connectivity index (χ2v) is 3.62. The van der Waals surface area contributed by atoms with Gasteiger partial charge in [-0.25, -0.2) is 0 Å². The molecule has 0 saturated carbocycles. The fraction of sp³-hybridized carbons (Fsp3) is 0.900. The molecule has 0 amide bonds. The summed E-state index contributed by atoms with van der Waals surface area (Å²) in [5.74, 6) is 0.261. The van der Waals surface area contributed by atoms with E-state index in [1.807, 2.05) is 6.92 Å². The van der Waals surface area contributed by atoms with E-state index in [0.717, 1.165) is 13.0 Å². The molecule has 0 spiro atoms. The molecule has 0 rings (SSSR count). The van der Waals surface area contributed by atoms with Crippen molar-refractivity contribution in [2.24, 2.45) is 0 Å². The van der Waals surface area contributed by atoms with Gasteiger partial charge in [-0.3, -0.25) is 9.69 Å². The van der Waals surface area contributed by atoms with Gasteiger partial charge < -0.3 is 0 Å². The molecule has 0 bridgehead atoms. The first-order chi connectivity index (χ1) is 5.50. The molecule has 0 saturated heterocycles. The number of rotatable bonds is 5. The first kappa shape index (κ1) is 11.6. The molecule has 0 aromatic rings. The van der Waals surface area contributed by atoms with Gasteiger partial charge in [-0.1, -0.05) is 6.92 Å². The van der Waals surface area contributed by atoms with Crippen LogP contribution in [0.5, 0.6) is 0 Å². The average molecular weight is 171 g/mol. The summed E-state index contributed by atoms with van der Waals surface area (Å²) in [4.78, 5) is 13.4. The van der Waals surface area contributed by atoms with Crippen molar-refractivity contribution >= 4 is 5.78 Å². The first-order valence-corrected chi connectivity index (χ1v) is 4.76. The van der Waals surface area contributed by atoms with Gasteiger partial charge in [0.25, 0.3) is 0 Å². The van der Waals surface area contributed by atoms with E-state index in [1.165, 1.54) is 0 Å². The number of Topliss-reactive ketones (excluding diaryl/α,β-unsaturated/α-hetero) is 1. The lowest BCUT2D eigenvalue weighted by Crippen LogP contribution is -2.42. The highest BCUT2D eigenvalue weighted by Gasteiger charge is 2.19. The topological polar surface area (TPSA) is 20.3 Å². The van der Waals surface area contributed by atoms with Crippen LogP contribution in [0.3, 0.4) is 0 Å². The number of ketones is 1. The van der Waals surface area contributed by atoms with E-state index in [2.05, 4.69) is 25.7 Å².